The molecule has 0 aliphatic heterocycles. The van der Waals surface area contributed by atoms with Crippen LogP contribution in [-0.2, 0) is 4.79 Å². The van der Waals surface area contributed by atoms with Gasteiger partial charge in [0.1, 0.15) is 0 Å². The van der Waals surface area contributed by atoms with Gasteiger partial charge in [0.15, 0.2) is 0 Å². The fourth-order valence-corrected chi connectivity index (χ4v) is 1.85. The number of carbonyl (C=O) groups excluding carboxylic acids is 1. The van der Waals surface area contributed by atoms with E-state index in [1.54, 1.807) is 0 Å². The van der Waals surface area contributed by atoms with E-state index in [4.69, 9.17) is 5.73 Å². The number of allylic oxidation sites excluding steroid dienone is 1. The molecule has 0 radical (unpaired) electrons. The number of hydrogen-bond donors (Lipinski definition) is 2. The molecule has 1 aliphatic carbocycles. The molecule has 0 spiro atoms. The number of amides is 1. The smallest absolute Gasteiger partial charge is 0.246 e. The van der Waals surface area contributed by atoms with E-state index in [0.717, 1.165) is 31.3 Å². The molecule has 0 saturated heterocycles. The van der Waals surface area contributed by atoms with Crippen molar-refractivity contribution in [2.24, 2.45) is 5.73 Å². The summed E-state index contributed by atoms with van der Waals surface area (Å²) in [6.45, 7) is 3.88. The quantitative estimate of drug-likeness (QED) is 0.669. The maximum atomic E-state index is 11.6. The summed E-state index contributed by atoms with van der Waals surface area (Å²) in [6, 6.07) is 0.563. The first kappa shape index (κ1) is 11.2. The van der Waals surface area contributed by atoms with Crippen LogP contribution in [0.25, 0.3) is 0 Å². The average Bonchev–Trinajstić information content (AvgIpc) is 2.51. The minimum atomic E-state index is 0.0611. The second-order valence-corrected chi connectivity index (χ2v) is 4.04. The third kappa shape index (κ3) is 3.14. The van der Waals surface area contributed by atoms with Gasteiger partial charge in [-0.2, -0.15) is 0 Å². The summed E-state index contributed by atoms with van der Waals surface area (Å²) in [5, 5.41) is 3.01. The number of nitrogens with one attached hydrogen (secondary N) is 1. The second kappa shape index (κ2) is 5.15. The van der Waals surface area contributed by atoms with Crippen LogP contribution in [-0.4, -0.2) is 18.0 Å². The van der Waals surface area contributed by atoms with Crippen molar-refractivity contribution < 1.29 is 4.79 Å². The van der Waals surface area contributed by atoms with Crippen molar-refractivity contribution in [1.82, 2.24) is 5.32 Å². The molecular formula is C11H20N2O. The zero-order valence-corrected chi connectivity index (χ0v) is 9.05. The van der Waals surface area contributed by atoms with E-state index in [0.29, 0.717) is 0 Å². The van der Waals surface area contributed by atoms with Crippen molar-refractivity contribution >= 4 is 5.91 Å². The van der Waals surface area contributed by atoms with E-state index in [9.17, 15) is 4.79 Å². The molecule has 3 heteroatoms. The van der Waals surface area contributed by atoms with E-state index in [2.05, 4.69) is 5.32 Å². The second-order valence-electron chi connectivity index (χ2n) is 4.04. The van der Waals surface area contributed by atoms with Crippen LogP contribution in [0.3, 0.4) is 0 Å². The molecule has 2 atom stereocenters. The van der Waals surface area contributed by atoms with Gasteiger partial charge in [0.25, 0.3) is 0 Å². The van der Waals surface area contributed by atoms with E-state index >= 15 is 0 Å². The first-order valence-corrected chi connectivity index (χ1v) is 5.36. The summed E-state index contributed by atoms with van der Waals surface area (Å²) in [6.07, 6.45) is 5.83. The Morgan fingerprint density at radius 2 is 2.29 bits per heavy atom. The van der Waals surface area contributed by atoms with Gasteiger partial charge < -0.3 is 11.1 Å². The standard InChI is InChI=1S/C11H20N2O/c1-3-4-8(2)11(14)13-10-6-5-9(12)7-10/h4,9-10H,3,5-7,12H2,1-2H3,(H,13,14)/b8-4-. The molecule has 0 bridgehead atoms. The summed E-state index contributed by atoms with van der Waals surface area (Å²) in [5.74, 6) is 0.0611. The summed E-state index contributed by atoms with van der Waals surface area (Å²) in [7, 11) is 0. The highest BCUT2D eigenvalue weighted by Gasteiger charge is 2.23. The normalized spacial score (nSPS) is 27.8. The predicted octanol–water partition coefficient (Wildman–Crippen LogP) is 1.34. The molecule has 0 aromatic heterocycles. The average molecular weight is 196 g/mol. The van der Waals surface area contributed by atoms with E-state index < -0.39 is 0 Å². The van der Waals surface area contributed by atoms with Crippen LogP contribution in [0.15, 0.2) is 11.6 Å². The zero-order chi connectivity index (χ0) is 10.6. The predicted molar refractivity (Wildman–Crippen MR) is 57.8 cm³/mol. The summed E-state index contributed by atoms with van der Waals surface area (Å²) in [4.78, 5) is 11.6. The van der Waals surface area contributed by atoms with Crippen LogP contribution in [0, 0.1) is 0 Å². The molecular weight excluding hydrogens is 176 g/mol. The van der Waals surface area contributed by atoms with Crippen LogP contribution < -0.4 is 11.1 Å². The largest absolute Gasteiger partial charge is 0.350 e. The van der Waals surface area contributed by atoms with Crippen LogP contribution in [0.5, 0.6) is 0 Å². The summed E-state index contributed by atoms with van der Waals surface area (Å²) >= 11 is 0. The van der Waals surface area contributed by atoms with Gasteiger partial charge in [0, 0.05) is 17.7 Å². The maximum absolute atomic E-state index is 11.6. The highest BCUT2D eigenvalue weighted by Crippen LogP contribution is 2.17. The van der Waals surface area contributed by atoms with E-state index in [1.807, 2.05) is 19.9 Å². The monoisotopic (exact) mass is 196 g/mol. The van der Waals surface area contributed by atoms with E-state index in [1.165, 1.54) is 0 Å². The Balaban J connectivity index is 2.37. The molecule has 0 aromatic rings. The third-order valence-electron chi connectivity index (χ3n) is 2.68. The van der Waals surface area contributed by atoms with Crippen LogP contribution in [0.2, 0.25) is 0 Å². The van der Waals surface area contributed by atoms with Gasteiger partial charge in [0.2, 0.25) is 5.91 Å². The molecule has 1 fully saturated rings. The molecule has 0 heterocycles. The molecule has 0 aromatic carbocycles. The van der Waals surface area contributed by atoms with Crippen molar-refractivity contribution in [3.63, 3.8) is 0 Å². The Kier molecular flexibility index (Phi) is 4.14. The summed E-state index contributed by atoms with van der Waals surface area (Å²) in [5.41, 5.74) is 6.58. The molecule has 3 N–H and O–H groups in total. The molecule has 1 aliphatic rings. The van der Waals surface area contributed by atoms with Crippen LogP contribution in [0.4, 0.5) is 0 Å². The Morgan fingerprint density at radius 3 is 2.79 bits per heavy atom. The van der Waals surface area contributed by atoms with E-state index in [-0.39, 0.29) is 18.0 Å². The van der Waals surface area contributed by atoms with Gasteiger partial charge in [-0.05, 0) is 32.6 Å². The first-order chi connectivity index (χ1) is 6.63. The lowest BCUT2D eigenvalue weighted by Crippen LogP contribution is -2.34. The first-order valence-electron chi connectivity index (χ1n) is 5.36. The van der Waals surface area contributed by atoms with Crippen molar-refractivity contribution in [3.05, 3.63) is 11.6 Å². The number of nitrogens with two attached hydrogens (primary N) is 1. The number of hydrogen-bond acceptors (Lipinski definition) is 2. The minimum Gasteiger partial charge on any atom is -0.350 e. The van der Waals surface area contributed by atoms with Gasteiger partial charge in [-0.25, -0.2) is 0 Å². The van der Waals surface area contributed by atoms with Crippen molar-refractivity contribution in [2.75, 3.05) is 0 Å². The highest BCUT2D eigenvalue weighted by atomic mass is 16.1. The van der Waals surface area contributed by atoms with Crippen LogP contribution >= 0.6 is 0 Å². The van der Waals surface area contributed by atoms with Gasteiger partial charge >= 0.3 is 0 Å². The lowest BCUT2D eigenvalue weighted by Gasteiger charge is -2.12. The van der Waals surface area contributed by atoms with Crippen molar-refractivity contribution in [2.45, 2.75) is 51.6 Å². The Labute approximate surface area is 85.7 Å². The van der Waals surface area contributed by atoms with Gasteiger partial charge in [0.05, 0.1) is 0 Å². The van der Waals surface area contributed by atoms with Crippen LogP contribution in [0.1, 0.15) is 39.5 Å². The third-order valence-corrected chi connectivity index (χ3v) is 2.68. The molecule has 1 rings (SSSR count). The fraction of sp³-hybridized carbons (Fsp3) is 0.727. The minimum absolute atomic E-state index is 0.0611. The Bertz CT molecular complexity index is 235. The number of carbonyl (C=O) groups is 1. The topological polar surface area (TPSA) is 55.1 Å². The molecule has 1 saturated carbocycles. The van der Waals surface area contributed by atoms with Crippen molar-refractivity contribution in [1.29, 1.82) is 0 Å². The molecule has 3 nitrogen and oxygen atoms in total. The van der Waals surface area contributed by atoms with Gasteiger partial charge in [-0.3, -0.25) is 4.79 Å². The lowest BCUT2D eigenvalue weighted by atomic mass is 10.2. The lowest BCUT2D eigenvalue weighted by molar-refractivity contribution is -0.118. The highest BCUT2D eigenvalue weighted by molar-refractivity contribution is 5.92. The summed E-state index contributed by atoms with van der Waals surface area (Å²) < 4.78 is 0. The molecule has 14 heavy (non-hydrogen) atoms. The Hall–Kier alpha value is -0.830. The Morgan fingerprint density at radius 1 is 1.57 bits per heavy atom. The molecule has 1 amide bonds. The fourth-order valence-electron chi connectivity index (χ4n) is 1.85. The maximum Gasteiger partial charge on any atom is 0.246 e. The number of rotatable bonds is 3. The molecule has 80 valence electrons. The SMILES string of the molecule is CC/C=C(/C)C(=O)NC1CCC(N)C1. The zero-order valence-electron chi connectivity index (χ0n) is 9.05. The molecule has 2 unspecified atom stereocenters. The van der Waals surface area contributed by atoms with Crippen molar-refractivity contribution in [3.8, 4) is 0 Å². The van der Waals surface area contributed by atoms with Gasteiger partial charge in [-0.15, -0.1) is 0 Å². The van der Waals surface area contributed by atoms with Gasteiger partial charge in [-0.1, -0.05) is 13.0 Å².